The third-order valence-corrected chi connectivity index (χ3v) is 5.70. The Hall–Kier alpha value is -3.88. The van der Waals surface area contributed by atoms with Gasteiger partial charge in [0.15, 0.2) is 0 Å². The largest absolute Gasteiger partial charge is 0.490 e. The van der Waals surface area contributed by atoms with E-state index in [0.717, 1.165) is 22.2 Å². The third kappa shape index (κ3) is 5.62. The molecular weight excluding hydrogens is 464 g/mol. The fourth-order valence-corrected chi connectivity index (χ4v) is 3.83. The Morgan fingerprint density at radius 2 is 2.03 bits per heavy atom. The number of nitrogens with one attached hydrogen (secondary N) is 2. The van der Waals surface area contributed by atoms with Crippen molar-refractivity contribution in [3.8, 4) is 17.0 Å². The lowest BCUT2D eigenvalue weighted by Crippen LogP contribution is -2.20. The monoisotopic (exact) mass is 490 g/mol. The lowest BCUT2D eigenvalue weighted by atomic mass is 10.1. The molecule has 0 saturated carbocycles. The molecule has 2 aromatic carbocycles. The highest BCUT2D eigenvalue weighted by atomic mass is 35.5. The van der Waals surface area contributed by atoms with Crippen molar-refractivity contribution < 1.29 is 9.53 Å². The highest BCUT2D eigenvalue weighted by Crippen LogP contribution is 2.36. The maximum Gasteiger partial charge on any atom is 0.247 e. The van der Waals surface area contributed by atoms with E-state index in [2.05, 4.69) is 38.9 Å². The Morgan fingerprint density at radius 3 is 2.80 bits per heavy atom. The summed E-state index contributed by atoms with van der Waals surface area (Å²) in [5.74, 6) is 0.479. The first kappa shape index (κ1) is 24.3. The van der Waals surface area contributed by atoms with Gasteiger partial charge in [0.25, 0.3) is 0 Å². The topological polar surface area (TPSA) is 84.3 Å². The number of halogens is 1. The molecule has 8 nitrogen and oxygen atoms in total. The van der Waals surface area contributed by atoms with Gasteiger partial charge in [-0.05, 0) is 38.4 Å². The van der Waals surface area contributed by atoms with E-state index in [9.17, 15) is 4.79 Å². The lowest BCUT2D eigenvalue weighted by molar-refractivity contribution is -0.111. The molecule has 0 radical (unpaired) electrons. The second-order valence-electron chi connectivity index (χ2n) is 8.23. The lowest BCUT2D eigenvalue weighted by Gasteiger charge is -2.17. The molecular formula is C26H27ClN6O2. The van der Waals surface area contributed by atoms with Crippen molar-refractivity contribution in [1.29, 1.82) is 0 Å². The number of carbonyl (C=O) groups excluding carboxylic acids is 1. The molecule has 4 rings (SSSR count). The summed E-state index contributed by atoms with van der Waals surface area (Å²) in [6.07, 6.45) is 4.94. The van der Waals surface area contributed by atoms with Crippen LogP contribution in [-0.4, -0.2) is 52.6 Å². The van der Waals surface area contributed by atoms with E-state index < -0.39 is 0 Å². The number of para-hydroxylation sites is 1. The highest BCUT2D eigenvalue weighted by molar-refractivity contribution is 6.33. The number of benzene rings is 2. The van der Waals surface area contributed by atoms with Crippen LogP contribution >= 0.6 is 11.6 Å². The second-order valence-corrected chi connectivity index (χ2v) is 8.64. The number of anilines is 3. The molecule has 0 fully saturated rings. The SMILES string of the molecule is C=CC(=O)Nc1cc(Nc2nccc(-c3cn(C)c4ccccc34)n2)c(Cl)cc1OCCN(C)C. The molecule has 0 atom stereocenters. The van der Waals surface area contributed by atoms with Gasteiger partial charge in [0, 0.05) is 48.5 Å². The predicted molar refractivity (Wildman–Crippen MR) is 142 cm³/mol. The fraction of sp³-hybridized carbons (Fsp3) is 0.192. The van der Waals surface area contributed by atoms with Gasteiger partial charge in [-0.2, -0.15) is 0 Å². The van der Waals surface area contributed by atoms with Crippen molar-refractivity contribution in [2.45, 2.75) is 0 Å². The van der Waals surface area contributed by atoms with Crippen molar-refractivity contribution in [3.63, 3.8) is 0 Å². The molecule has 35 heavy (non-hydrogen) atoms. The second kappa shape index (κ2) is 10.6. The Balaban J connectivity index is 1.65. The molecule has 1 amide bonds. The number of ether oxygens (including phenoxy) is 1. The first-order valence-corrected chi connectivity index (χ1v) is 11.4. The number of hydrogen-bond acceptors (Lipinski definition) is 6. The number of amides is 1. The van der Waals surface area contributed by atoms with Gasteiger partial charge in [0.2, 0.25) is 11.9 Å². The van der Waals surface area contributed by atoms with Crippen LogP contribution in [0.2, 0.25) is 5.02 Å². The molecule has 0 aliphatic rings. The molecule has 4 aromatic rings. The van der Waals surface area contributed by atoms with E-state index in [0.29, 0.717) is 41.2 Å². The Labute approximate surface area is 209 Å². The quantitative estimate of drug-likeness (QED) is 0.318. The molecule has 2 heterocycles. The number of rotatable bonds is 9. The van der Waals surface area contributed by atoms with Gasteiger partial charge >= 0.3 is 0 Å². The average Bonchev–Trinajstić information content (AvgIpc) is 3.18. The highest BCUT2D eigenvalue weighted by Gasteiger charge is 2.15. The van der Waals surface area contributed by atoms with E-state index in [-0.39, 0.29) is 5.91 Å². The number of hydrogen-bond donors (Lipinski definition) is 2. The van der Waals surface area contributed by atoms with Gasteiger partial charge in [0.1, 0.15) is 12.4 Å². The Morgan fingerprint density at radius 1 is 1.23 bits per heavy atom. The summed E-state index contributed by atoms with van der Waals surface area (Å²) in [7, 11) is 5.92. The van der Waals surface area contributed by atoms with Crippen molar-refractivity contribution >= 4 is 45.7 Å². The van der Waals surface area contributed by atoms with Crippen molar-refractivity contribution in [2.75, 3.05) is 37.9 Å². The molecule has 9 heteroatoms. The zero-order valence-electron chi connectivity index (χ0n) is 19.9. The number of fused-ring (bicyclic) bond motifs is 1. The Bertz CT molecular complexity index is 1380. The number of likely N-dealkylation sites (N-methyl/N-ethyl adjacent to an activating group) is 1. The van der Waals surface area contributed by atoms with Crippen LogP contribution < -0.4 is 15.4 Å². The summed E-state index contributed by atoms with van der Waals surface area (Å²) in [4.78, 5) is 23.1. The van der Waals surface area contributed by atoms with Crippen LogP contribution in [0, 0.1) is 0 Å². The number of aromatic nitrogens is 3. The van der Waals surface area contributed by atoms with Crippen molar-refractivity contribution in [1.82, 2.24) is 19.4 Å². The van der Waals surface area contributed by atoms with E-state index in [4.69, 9.17) is 21.3 Å². The van der Waals surface area contributed by atoms with Crippen LogP contribution in [0.3, 0.4) is 0 Å². The van der Waals surface area contributed by atoms with Gasteiger partial charge in [-0.15, -0.1) is 0 Å². The minimum atomic E-state index is -0.357. The average molecular weight is 491 g/mol. The molecule has 0 aliphatic carbocycles. The van der Waals surface area contributed by atoms with E-state index in [1.807, 2.05) is 50.4 Å². The van der Waals surface area contributed by atoms with Crippen LogP contribution in [0.15, 0.2) is 67.5 Å². The maximum atomic E-state index is 12.0. The standard InChI is InChI=1S/C26H27ClN6O2/c1-5-25(34)29-22-15-21(19(27)14-24(22)35-13-12-32(2)3)31-26-28-11-10-20(30-26)18-16-33(4)23-9-7-6-8-17(18)23/h5-11,14-16H,1,12-13H2,2-4H3,(H,29,34)(H,28,30,31). The fourth-order valence-electron chi connectivity index (χ4n) is 3.63. The molecule has 2 aromatic heterocycles. The summed E-state index contributed by atoms with van der Waals surface area (Å²) >= 11 is 6.56. The number of carbonyl (C=O) groups is 1. The number of aryl methyl sites for hydroxylation is 1. The summed E-state index contributed by atoms with van der Waals surface area (Å²) < 4.78 is 7.93. The van der Waals surface area contributed by atoms with Crippen LogP contribution in [0.25, 0.3) is 22.2 Å². The molecule has 0 unspecified atom stereocenters. The van der Waals surface area contributed by atoms with Gasteiger partial charge < -0.3 is 24.8 Å². The minimum absolute atomic E-state index is 0.357. The molecule has 0 spiro atoms. The first-order valence-electron chi connectivity index (χ1n) is 11.0. The van der Waals surface area contributed by atoms with Crippen molar-refractivity contribution in [2.24, 2.45) is 7.05 Å². The molecule has 0 aliphatic heterocycles. The van der Waals surface area contributed by atoms with E-state index >= 15 is 0 Å². The minimum Gasteiger partial charge on any atom is -0.490 e. The van der Waals surface area contributed by atoms with E-state index in [1.54, 1.807) is 18.3 Å². The summed E-state index contributed by atoms with van der Waals surface area (Å²) in [5.41, 5.74) is 3.89. The molecule has 0 saturated heterocycles. The third-order valence-electron chi connectivity index (χ3n) is 5.38. The number of nitrogens with zero attached hydrogens (tertiary/aromatic N) is 4. The van der Waals surface area contributed by atoms with Gasteiger partial charge in [-0.1, -0.05) is 36.4 Å². The van der Waals surface area contributed by atoms with Crippen LogP contribution in [0.4, 0.5) is 17.3 Å². The summed E-state index contributed by atoms with van der Waals surface area (Å²) in [6, 6.07) is 13.4. The normalized spacial score (nSPS) is 11.0. The Kier molecular flexibility index (Phi) is 7.33. The van der Waals surface area contributed by atoms with Crippen LogP contribution in [0.1, 0.15) is 0 Å². The van der Waals surface area contributed by atoms with Crippen LogP contribution in [0.5, 0.6) is 5.75 Å². The smallest absolute Gasteiger partial charge is 0.247 e. The van der Waals surface area contributed by atoms with Gasteiger partial charge in [0.05, 0.1) is 22.1 Å². The molecule has 0 bridgehead atoms. The van der Waals surface area contributed by atoms with E-state index in [1.165, 1.54) is 6.08 Å². The zero-order valence-corrected chi connectivity index (χ0v) is 20.6. The van der Waals surface area contributed by atoms with Crippen molar-refractivity contribution in [3.05, 3.63) is 72.5 Å². The molecule has 2 N–H and O–H groups in total. The zero-order chi connectivity index (χ0) is 24.9. The predicted octanol–water partition coefficient (Wildman–Crippen LogP) is 5.10. The van der Waals surface area contributed by atoms with Gasteiger partial charge in [-0.3, -0.25) is 4.79 Å². The maximum absolute atomic E-state index is 12.0. The molecule has 180 valence electrons. The van der Waals surface area contributed by atoms with Crippen LogP contribution in [-0.2, 0) is 11.8 Å². The first-order chi connectivity index (χ1) is 16.9. The summed E-state index contributed by atoms with van der Waals surface area (Å²) in [6.45, 7) is 4.66. The summed E-state index contributed by atoms with van der Waals surface area (Å²) in [5, 5.41) is 7.45. The van der Waals surface area contributed by atoms with Gasteiger partial charge in [-0.25, -0.2) is 9.97 Å².